The molecule has 0 aliphatic carbocycles. The zero-order valence-corrected chi connectivity index (χ0v) is 14.2. The Morgan fingerprint density at radius 2 is 1.87 bits per heavy atom. The quantitative estimate of drug-likeness (QED) is 0.868. The van der Waals surface area contributed by atoms with Crippen LogP contribution >= 0.6 is 0 Å². The van der Waals surface area contributed by atoms with Gasteiger partial charge < -0.3 is 14.6 Å². The van der Waals surface area contributed by atoms with E-state index >= 15 is 0 Å². The van der Waals surface area contributed by atoms with Gasteiger partial charge in [0.05, 0.1) is 22.8 Å². The number of rotatable bonds is 4. The van der Waals surface area contributed by atoms with Gasteiger partial charge in [-0.2, -0.15) is 5.26 Å². The second-order valence-electron chi connectivity index (χ2n) is 6.72. The molecule has 0 radical (unpaired) electrons. The Morgan fingerprint density at radius 3 is 2.39 bits per heavy atom. The molecule has 1 heterocycles. The minimum absolute atomic E-state index is 0.286. The van der Waals surface area contributed by atoms with Crippen LogP contribution in [0, 0.1) is 17.1 Å². The summed E-state index contributed by atoms with van der Waals surface area (Å²) < 4.78 is 25.7. The Kier molecular flexibility index (Phi) is 4.95. The number of nitriles is 1. The predicted molar refractivity (Wildman–Crippen MR) is 89.1 cm³/mol. The maximum absolute atomic E-state index is 13.6. The number of halogens is 1. The lowest BCUT2D eigenvalue weighted by atomic mass is 9.77. The highest BCUT2D eigenvalue weighted by Crippen LogP contribution is 2.38. The molecule has 1 aromatic carbocycles. The molecule has 0 saturated carbocycles. The Bertz CT molecular complexity index is 649. The van der Waals surface area contributed by atoms with Crippen molar-refractivity contribution in [1.82, 2.24) is 5.32 Å². The Balaban J connectivity index is 2.36. The molecule has 23 heavy (non-hydrogen) atoms. The van der Waals surface area contributed by atoms with Gasteiger partial charge in [0.1, 0.15) is 5.82 Å². The van der Waals surface area contributed by atoms with E-state index in [1.165, 1.54) is 12.1 Å². The monoisotopic (exact) mass is 316 g/mol. The third-order valence-corrected chi connectivity index (χ3v) is 4.34. The first-order valence-corrected chi connectivity index (χ1v) is 7.60. The second-order valence-corrected chi connectivity index (χ2v) is 6.72. The lowest BCUT2D eigenvalue weighted by Gasteiger charge is -2.32. The van der Waals surface area contributed by atoms with Crippen LogP contribution in [0.4, 0.5) is 4.39 Å². The van der Waals surface area contributed by atoms with E-state index < -0.39 is 24.1 Å². The fourth-order valence-electron chi connectivity index (χ4n) is 2.38. The topological polar surface area (TPSA) is 54.3 Å². The fourth-order valence-corrected chi connectivity index (χ4v) is 2.38. The summed E-state index contributed by atoms with van der Waals surface area (Å²) in [6, 6.07) is 6.21. The lowest BCUT2D eigenvalue weighted by Crippen LogP contribution is -2.41. The molecule has 1 fully saturated rings. The molecule has 0 bridgehead atoms. The van der Waals surface area contributed by atoms with Crippen molar-refractivity contribution >= 4 is 13.2 Å². The maximum atomic E-state index is 13.6. The van der Waals surface area contributed by atoms with Gasteiger partial charge >= 0.3 is 7.12 Å². The van der Waals surface area contributed by atoms with Crippen molar-refractivity contribution in [2.45, 2.75) is 38.9 Å². The Morgan fingerprint density at radius 1 is 1.26 bits per heavy atom. The molecule has 0 spiro atoms. The molecule has 1 aliphatic rings. The van der Waals surface area contributed by atoms with Crippen LogP contribution in [-0.2, 0) is 9.31 Å². The summed E-state index contributed by atoms with van der Waals surface area (Å²) >= 11 is 0. The van der Waals surface area contributed by atoms with E-state index in [9.17, 15) is 4.39 Å². The summed E-state index contributed by atoms with van der Waals surface area (Å²) in [5.74, 6) is -0.437. The standard InChI is InChI=1S/C17H22BFN2O2/c1-16(2)17(3,4)23-18(22-16)14(11-21-5)7-12-6-13(10-20)9-15(19)8-12/h6-9,21H,11H2,1-5H3. The summed E-state index contributed by atoms with van der Waals surface area (Å²) in [6.45, 7) is 8.48. The van der Waals surface area contributed by atoms with Gasteiger partial charge in [-0.3, -0.25) is 0 Å². The highest BCUT2D eigenvalue weighted by Gasteiger charge is 2.52. The molecule has 0 atom stereocenters. The van der Waals surface area contributed by atoms with Crippen LogP contribution in [-0.4, -0.2) is 31.9 Å². The van der Waals surface area contributed by atoms with Crippen LogP contribution < -0.4 is 5.32 Å². The molecule has 1 saturated heterocycles. The number of benzene rings is 1. The molecule has 4 nitrogen and oxygen atoms in total. The summed E-state index contributed by atoms with van der Waals surface area (Å²) in [5, 5.41) is 12.0. The second kappa shape index (κ2) is 6.44. The zero-order chi connectivity index (χ0) is 17.3. The van der Waals surface area contributed by atoms with E-state index in [2.05, 4.69) is 5.32 Å². The van der Waals surface area contributed by atoms with Crippen molar-refractivity contribution in [3.63, 3.8) is 0 Å². The minimum atomic E-state index is -0.513. The first-order valence-electron chi connectivity index (χ1n) is 7.60. The fraction of sp³-hybridized carbons (Fsp3) is 0.471. The highest BCUT2D eigenvalue weighted by atomic mass is 19.1. The molecule has 1 N–H and O–H groups in total. The zero-order valence-electron chi connectivity index (χ0n) is 14.2. The molecule has 2 rings (SSSR count). The van der Waals surface area contributed by atoms with Crippen molar-refractivity contribution in [3.8, 4) is 6.07 Å². The summed E-state index contributed by atoms with van der Waals surface area (Å²) in [4.78, 5) is 0. The van der Waals surface area contributed by atoms with E-state index in [1.807, 2.05) is 46.9 Å². The van der Waals surface area contributed by atoms with Gasteiger partial charge in [0.2, 0.25) is 0 Å². The normalized spacial score (nSPS) is 19.7. The van der Waals surface area contributed by atoms with Gasteiger partial charge in [0.15, 0.2) is 0 Å². The molecule has 1 aromatic rings. The van der Waals surface area contributed by atoms with Crippen LogP contribution in [0.3, 0.4) is 0 Å². The van der Waals surface area contributed by atoms with E-state index in [4.69, 9.17) is 14.6 Å². The van der Waals surface area contributed by atoms with Crippen molar-refractivity contribution in [3.05, 3.63) is 40.6 Å². The van der Waals surface area contributed by atoms with Crippen molar-refractivity contribution in [1.29, 1.82) is 5.26 Å². The Hall–Kier alpha value is -1.68. The predicted octanol–water partition coefficient (Wildman–Crippen LogP) is 2.93. The number of nitrogens with zero attached hydrogens (tertiary/aromatic N) is 1. The van der Waals surface area contributed by atoms with Gasteiger partial charge in [0, 0.05) is 6.54 Å². The molecule has 0 amide bonds. The van der Waals surface area contributed by atoms with Crippen LogP contribution in [0.2, 0.25) is 0 Å². The molecule has 0 unspecified atom stereocenters. The summed E-state index contributed by atoms with van der Waals surface area (Å²) in [7, 11) is 1.31. The third kappa shape index (κ3) is 3.81. The highest BCUT2D eigenvalue weighted by molar-refractivity contribution is 6.55. The van der Waals surface area contributed by atoms with Crippen LogP contribution in [0.25, 0.3) is 6.08 Å². The van der Waals surface area contributed by atoms with E-state index in [0.29, 0.717) is 12.1 Å². The average molecular weight is 316 g/mol. The largest absolute Gasteiger partial charge is 0.491 e. The number of hydrogen-bond acceptors (Lipinski definition) is 4. The molecule has 0 aromatic heterocycles. The summed E-state index contributed by atoms with van der Waals surface area (Å²) in [6.07, 6.45) is 1.81. The Labute approximate surface area is 137 Å². The van der Waals surface area contributed by atoms with E-state index in [1.54, 1.807) is 6.07 Å². The summed E-state index contributed by atoms with van der Waals surface area (Å²) in [5.41, 5.74) is 0.866. The molecule has 6 heteroatoms. The van der Waals surface area contributed by atoms with Crippen molar-refractivity contribution in [2.24, 2.45) is 0 Å². The van der Waals surface area contributed by atoms with Crippen molar-refractivity contribution < 1.29 is 13.7 Å². The van der Waals surface area contributed by atoms with Crippen LogP contribution in [0.15, 0.2) is 23.7 Å². The number of likely N-dealkylation sites (N-methyl/N-ethyl adjacent to an activating group) is 1. The average Bonchev–Trinajstić information content (AvgIpc) is 2.66. The number of nitrogens with one attached hydrogen (secondary N) is 1. The third-order valence-electron chi connectivity index (χ3n) is 4.34. The molecule has 1 aliphatic heterocycles. The van der Waals surface area contributed by atoms with Gasteiger partial charge in [-0.1, -0.05) is 6.08 Å². The van der Waals surface area contributed by atoms with Crippen LogP contribution in [0.5, 0.6) is 0 Å². The first kappa shape index (κ1) is 17.7. The first-order chi connectivity index (χ1) is 10.7. The van der Waals surface area contributed by atoms with E-state index in [-0.39, 0.29) is 5.56 Å². The van der Waals surface area contributed by atoms with Gasteiger partial charge in [0.25, 0.3) is 0 Å². The van der Waals surface area contributed by atoms with Gasteiger partial charge in [-0.25, -0.2) is 4.39 Å². The van der Waals surface area contributed by atoms with Gasteiger partial charge in [-0.05, 0) is 64.0 Å². The van der Waals surface area contributed by atoms with Gasteiger partial charge in [-0.15, -0.1) is 0 Å². The smallest absolute Gasteiger partial charge is 0.400 e. The van der Waals surface area contributed by atoms with Crippen LogP contribution in [0.1, 0.15) is 38.8 Å². The minimum Gasteiger partial charge on any atom is -0.400 e. The van der Waals surface area contributed by atoms with E-state index in [0.717, 1.165) is 5.47 Å². The lowest BCUT2D eigenvalue weighted by molar-refractivity contribution is 0.00578. The van der Waals surface area contributed by atoms with Crippen molar-refractivity contribution in [2.75, 3.05) is 13.6 Å². The molecular weight excluding hydrogens is 294 g/mol. The molecular formula is C17H22BFN2O2. The number of hydrogen-bond donors (Lipinski definition) is 1. The maximum Gasteiger partial charge on any atom is 0.491 e. The SMILES string of the molecule is CNCC(=Cc1cc(F)cc(C#N)c1)B1OC(C)(C)C(C)(C)O1. The molecule has 122 valence electrons.